The number of carbonyl (C=O) groups excluding carboxylic acids is 1. The fraction of sp³-hybridized carbons (Fsp3) is 0.800. The van der Waals surface area contributed by atoms with E-state index in [2.05, 4.69) is 15.3 Å². The van der Waals surface area contributed by atoms with Crippen LogP contribution in [0.25, 0.3) is 10.4 Å². The van der Waals surface area contributed by atoms with Crippen molar-refractivity contribution < 1.29 is 4.79 Å². The SMILES string of the molecule is CN[C@@H](CCN)C(=O)N=[N+]=[N-]. The van der Waals surface area contributed by atoms with Crippen molar-refractivity contribution in [1.82, 2.24) is 5.32 Å². The van der Waals surface area contributed by atoms with Gasteiger partial charge in [0.1, 0.15) is 0 Å². The number of azide groups is 1. The largest absolute Gasteiger partial charge is 0.330 e. The molecule has 0 spiro atoms. The monoisotopic (exact) mass is 157 g/mol. The summed E-state index contributed by atoms with van der Waals surface area (Å²) in [5.74, 6) is -0.513. The molecule has 0 saturated heterocycles. The standard InChI is InChI=1S/C5H11N5O/c1-8-4(2-3-6)5(11)9-10-7/h4,8H,2-3,6H2,1H3/t4-/m0/s1. The molecule has 6 nitrogen and oxygen atoms in total. The number of nitrogens with one attached hydrogen (secondary N) is 1. The molecule has 11 heavy (non-hydrogen) atoms. The molecule has 0 radical (unpaired) electrons. The van der Waals surface area contributed by atoms with Gasteiger partial charge in [0.15, 0.2) is 0 Å². The Morgan fingerprint density at radius 3 is 2.91 bits per heavy atom. The van der Waals surface area contributed by atoms with Crippen molar-refractivity contribution in [3.8, 4) is 0 Å². The highest BCUT2D eigenvalue weighted by molar-refractivity contribution is 5.82. The highest BCUT2D eigenvalue weighted by Crippen LogP contribution is 1.92. The number of hydrogen-bond acceptors (Lipinski definition) is 3. The van der Waals surface area contributed by atoms with E-state index in [-0.39, 0.29) is 0 Å². The summed E-state index contributed by atoms with van der Waals surface area (Å²) in [5.41, 5.74) is 13.1. The second-order valence-corrected chi connectivity index (χ2v) is 1.95. The molecule has 0 saturated carbocycles. The quantitative estimate of drug-likeness (QED) is 0.334. The molecule has 0 bridgehead atoms. The summed E-state index contributed by atoms with van der Waals surface area (Å²) < 4.78 is 0. The maximum Gasteiger partial charge on any atom is 0.235 e. The number of nitrogens with zero attached hydrogens (tertiary/aromatic N) is 3. The van der Waals surface area contributed by atoms with Gasteiger partial charge in [0.25, 0.3) is 0 Å². The van der Waals surface area contributed by atoms with Crippen LogP contribution in [0.15, 0.2) is 5.11 Å². The van der Waals surface area contributed by atoms with Crippen molar-refractivity contribution in [2.45, 2.75) is 12.5 Å². The maximum absolute atomic E-state index is 10.8. The van der Waals surface area contributed by atoms with E-state index in [4.69, 9.17) is 11.3 Å². The summed E-state index contributed by atoms with van der Waals surface area (Å²) in [6.07, 6.45) is 0.481. The lowest BCUT2D eigenvalue weighted by molar-refractivity contribution is -0.119. The average molecular weight is 157 g/mol. The van der Waals surface area contributed by atoms with Gasteiger partial charge in [-0.1, -0.05) is 0 Å². The van der Waals surface area contributed by atoms with Gasteiger partial charge in [-0.15, -0.1) is 0 Å². The normalized spacial score (nSPS) is 11.8. The van der Waals surface area contributed by atoms with Crippen LogP contribution >= 0.6 is 0 Å². The Balaban J connectivity index is 4.01. The van der Waals surface area contributed by atoms with Gasteiger partial charge in [0.05, 0.1) is 6.04 Å². The number of nitrogens with two attached hydrogens (primary N) is 1. The zero-order valence-electron chi connectivity index (χ0n) is 6.32. The second-order valence-electron chi connectivity index (χ2n) is 1.95. The minimum atomic E-state index is -0.513. The van der Waals surface area contributed by atoms with E-state index < -0.39 is 11.9 Å². The molecule has 0 unspecified atom stereocenters. The topological polar surface area (TPSA) is 104 Å². The first-order valence-corrected chi connectivity index (χ1v) is 3.22. The summed E-state index contributed by atoms with van der Waals surface area (Å²) in [6, 6.07) is -0.448. The molecule has 0 aromatic heterocycles. The van der Waals surface area contributed by atoms with Crippen molar-refractivity contribution in [1.29, 1.82) is 0 Å². The lowest BCUT2D eigenvalue weighted by Crippen LogP contribution is -2.34. The third-order valence-corrected chi connectivity index (χ3v) is 1.25. The van der Waals surface area contributed by atoms with Crippen LogP contribution < -0.4 is 11.1 Å². The Labute approximate surface area is 64.4 Å². The maximum atomic E-state index is 10.8. The predicted molar refractivity (Wildman–Crippen MR) is 40.7 cm³/mol. The van der Waals surface area contributed by atoms with E-state index in [1.165, 1.54) is 0 Å². The van der Waals surface area contributed by atoms with Gasteiger partial charge in [-0.05, 0) is 30.7 Å². The molecule has 0 aliphatic heterocycles. The number of carbonyl (C=O) groups is 1. The van der Waals surface area contributed by atoms with Gasteiger partial charge in [0, 0.05) is 4.91 Å². The number of likely N-dealkylation sites (N-methyl/N-ethyl adjacent to an activating group) is 1. The Kier molecular flexibility index (Phi) is 5.10. The van der Waals surface area contributed by atoms with Gasteiger partial charge >= 0.3 is 0 Å². The number of rotatable bonds is 4. The zero-order valence-corrected chi connectivity index (χ0v) is 6.32. The molecular weight excluding hydrogens is 146 g/mol. The zero-order chi connectivity index (χ0) is 8.69. The highest BCUT2D eigenvalue weighted by Gasteiger charge is 2.12. The molecular formula is C5H11N5O. The van der Waals surface area contributed by atoms with Crippen molar-refractivity contribution in [3.63, 3.8) is 0 Å². The molecule has 62 valence electrons. The molecule has 0 heterocycles. The van der Waals surface area contributed by atoms with Gasteiger partial charge in [0.2, 0.25) is 5.91 Å². The average Bonchev–Trinajstić information content (AvgIpc) is 2.00. The Bertz CT molecular complexity index is 174. The molecule has 6 heteroatoms. The summed E-state index contributed by atoms with van der Waals surface area (Å²) in [4.78, 5) is 13.2. The third kappa shape index (κ3) is 3.57. The molecule has 0 aliphatic carbocycles. The molecule has 1 atom stereocenters. The van der Waals surface area contributed by atoms with Crippen LogP contribution in [0, 0.1) is 0 Å². The van der Waals surface area contributed by atoms with Crippen molar-refractivity contribution in [3.05, 3.63) is 10.4 Å². The van der Waals surface area contributed by atoms with E-state index in [1.807, 2.05) is 0 Å². The van der Waals surface area contributed by atoms with Crippen LogP contribution in [0.4, 0.5) is 0 Å². The van der Waals surface area contributed by atoms with E-state index in [9.17, 15) is 4.79 Å². The summed E-state index contributed by atoms with van der Waals surface area (Å²) in [7, 11) is 1.62. The number of amides is 1. The van der Waals surface area contributed by atoms with Gasteiger partial charge in [-0.2, -0.15) is 0 Å². The van der Waals surface area contributed by atoms with Crippen LogP contribution in [0.2, 0.25) is 0 Å². The third-order valence-electron chi connectivity index (χ3n) is 1.25. The predicted octanol–water partition coefficient (Wildman–Crippen LogP) is -0.240. The number of hydrogen-bond donors (Lipinski definition) is 2. The summed E-state index contributed by atoms with van der Waals surface area (Å²) in [5, 5.41) is 5.63. The van der Waals surface area contributed by atoms with E-state index in [1.54, 1.807) is 7.05 Å². The molecule has 0 aromatic carbocycles. The van der Waals surface area contributed by atoms with E-state index in [0.29, 0.717) is 13.0 Å². The molecule has 0 aromatic rings. The fourth-order valence-electron chi connectivity index (χ4n) is 0.672. The highest BCUT2D eigenvalue weighted by atomic mass is 16.2. The Hall–Kier alpha value is -1.10. The van der Waals surface area contributed by atoms with Crippen LogP contribution in [0.1, 0.15) is 6.42 Å². The lowest BCUT2D eigenvalue weighted by atomic mass is 10.2. The first-order chi connectivity index (χ1) is 5.26. The first kappa shape index (κ1) is 9.90. The van der Waals surface area contributed by atoms with Crippen molar-refractivity contribution in [2.24, 2.45) is 10.8 Å². The van der Waals surface area contributed by atoms with Crippen LogP contribution in [0.5, 0.6) is 0 Å². The van der Waals surface area contributed by atoms with Crippen molar-refractivity contribution >= 4 is 5.91 Å². The molecule has 0 aliphatic rings. The van der Waals surface area contributed by atoms with Crippen LogP contribution in [-0.2, 0) is 4.79 Å². The van der Waals surface area contributed by atoms with E-state index in [0.717, 1.165) is 0 Å². The summed E-state index contributed by atoms with van der Waals surface area (Å²) in [6.45, 7) is 0.387. The Morgan fingerprint density at radius 2 is 2.55 bits per heavy atom. The smallest absolute Gasteiger partial charge is 0.235 e. The van der Waals surface area contributed by atoms with Gasteiger partial charge < -0.3 is 11.1 Å². The molecule has 3 N–H and O–H groups in total. The van der Waals surface area contributed by atoms with Crippen LogP contribution in [0.3, 0.4) is 0 Å². The summed E-state index contributed by atoms with van der Waals surface area (Å²) >= 11 is 0. The molecule has 1 amide bonds. The Morgan fingerprint density at radius 1 is 1.91 bits per heavy atom. The minimum Gasteiger partial charge on any atom is -0.330 e. The minimum absolute atomic E-state index is 0.387. The lowest BCUT2D eigenvalue weighted by Gasteiger charge is -2.08. The van der Waals surface area contributed by atoms with E-state index >= 15 is 0 Å². The van der Waals surface area contributed by atoms with Crippen molar-refractivity contribution in [2.75, 3.05) is 13.6 Å². The second kappa shape index (κ2) is 5.67. The first-order valence-electron chi connectivity index (χ1n) is 3.22. The van der Waals surface area contributed by atoms with Gasteiger partial charge in [-0.25, -0.2) is 0 Å². The fourth-order valence-corrected chi connectivity index (χ4v) is 0.672. The van der Waals surface area contributed by atoms with Gasteiger partial charge in [-0.3, -0.25) is 4.79 Å². The molecule has 0 rings (SSSR count). The van der Waals surface area contributed by atoms with Crippen LogP contribution in [-0.4, -0.2) is 25.5 Å². The molecule has 0 fully saturated rings.